The molecule has 27 heavy (non-hydrogen) atoms. The Labute approximate surface area is 159 Å². The summed E-state index contributed by atoms with van der Waals surface area (Å²) in [6.45, 7) is 5.08. The molecule has 7 heteroatoms. The minimum absolute atomic E-state index is 0.903. The number of benzene rings is 1. The fourth-order valence-corrected chi connectivity index (χ4v) is 4.31. The standard InChI is InChI=1S/C20H25N7/c1-2-7-16(8-3-1)15-25-11-6-12-26(14-13-25)20-21-18-10-5-4-9-17(18)19-22-23-24-27(19)20/h1-3,7-8H,4-6,9-15H2. The van der Waals surface area contributed by atoms with E-state index in [4.69, 9.17) is 4.98 Å². The summed E-state index contributed by atoms with van der Waals surface area (Å²) >= 11 is 0. The molecule has 2 aromatic heterocycles. The summed E-state index contributed by atoms with van der Waals surface area (Å²) in [5.74, 6) is 0.914. The lowest BCUT2D eigenvalue weighted by Gasteiger charge is -2.25. The van der Waals surface area contributed by atoms with Crippen molar-refractivity contribution in [2.75, 3.05) is 31.1 Å². The van der Waals surface area contributed by atoms with E-state index < -0.39 is 0 Å². The van der Waals surface area contributed by atoms with Gasteiger partial charge < -0.3 is 4.90 Å². The third-order valence-corrected chi connectivity index (χ3v) is 5.72. The minimum atomic E-state index is 0.903. The highest BCUT2D eigenvalue weighted by molar-refractivity contribution is 5.54. The van der Waals surface area contributed by atoms with E-state index in [9.17, 15) is 0 Å². The van der Waals surface area contributed by atoms with Crippen molar-refractivity contribution in [1.82, 2.24) is 29.9 Å². The molecule has 0 saturated carbocycles. The number of hydrogen-bond acceptors (Lipinski definition) is 6. The largest absolute Gasteiger partial charge is 0.339 e. The van der Waals surface area contributed by atoms with E-state index in [-0.39, 0.29) is 0 Å². The second-order valence-corrected chi connectivity index (χ2v) is 7.56. The van der Waals surface area contributed by atoms with Gasteiger partial charge in [0.2, 0.25) is 5.95 Å². The van der Waals surface area contributed by atoms with Gasteiger partial charge in [-0.25, -0.2) is 4.98 Å². The van der Waals surface area contributed by atoms with Gasteiger partial charge in [-0.15, -0.1) is 5.10 Å². The SMILES string of the molecule is c1ccc(CN2CCCN(c3nc4c(c5nnnn35)CCCC4)CC2)cc1. The molecule has 2 aliphatic rings. The Kier molecular flexibility index (Phi) is 4.45. The van der Waals surface area contributed by atoms with Crippen LogP contribution in [-0.4, -0.2) is 56.1 Å². The Hall–Kier alpha value is -2.54. The predicted octanol–water partition coefficient (Wildman–Crippen LogP) is 2.11. The molecule has 0 spiro atoms. The molecule has 0 amide bonds. The topological polar surface area (TPSA) is 62.5 Å². The molecule has 0 N–H and O–H groups in total. The number of aryl methyl sites for hydroxylation is 2. The average Bonchev–Trinajstić information content (AvgIpc) is 3.10. The highest BCUT2D eigenvalue weighted by atomic mass is 15.6. The van der Waals surface area contributed by atoms with E-state index in [1.807, 2.05) is 4.52 Å². The van der Waals surface area contributed by atoms with Gasteiger partial charge in [0.05, 0.1) is 5.69 Å². The van der Waals surface area contributed by atoms with Crippen LogP contribution in [-0.2, 0) is 19.4 Å². The van der Waals surface area contributed by atoms with E-state index in [1.54, 1.807) is 0 Å². The van der Waals surface area contributed by atoms with Gasteiger partial charge in [0, 0.05) is 38.3 Å². The lowest BCUT2D eigenvalue weighted by Crippen LogP contribution is -2.33. The van der Waals surface area contributed by atoms with Crippen LogP contribution in [0.5, 0.6) is 0 Å². The minimum Gasteiger partial charge on any atom is -0.339 e. The predicted molar refractivity (Wildman–Crippen MR) is 104 cm³/mol. The normalized spacial score (nSPS) is 18.4. The van der Waals surface area contributed by atoms with Crippen LogP contribution in [0.25, 0.3) is 5.65 Å². The molecule has 3 heterocycles. The summed E-state index contributed by atoms with van der Waals surface area (Å²) in [5.41, 5.74) is 4.72. The molecule has 0 radical (unpaired) electrons. The number of rotatable bonds is 3. The zero-order valence-corrected chi connectivity index (χ0v) is 15.6. The van der Waals surface area contributed by atoms with Gasteiger partial charge in [0.25, 0.3) is 0 Å². The molecule has 7 nitrogen and oxygen atoms in total. The summed E-state index contributed by atoms with van der Waals surface area (Å²) in [7, 11) is 0. The third-order valence-electron chi connectivity index (χ3n) is 5.72. The van der Waals surface area contributed by atoms with E-state index in [0.29, 0.717) is 0 Å². The van der Waals surface area contributed by atoms with E-state index in [2.05, 4.69) is 55.7 Å². The summed E-state index contributed by atoms with van der Waals surface area (Å²) < 4.78 is 1.86. The van der Waals surface area contributed by atoms with Crippen molar-refractivity contribution in [3.05, 3.63) is 47.2 Å². The number of hydrogen-bond donors (Lipinski definition) is 0. The van der Waals surface area contributed by atoms with Crippen molar-refractivity contribution in [1.29, 1.82) is 0 Å². The number of aromatic nitrogens is 5. The average molecular weight is 363 g/mol. The van der Waals surface area contributed by atoms with Gasteiger partial charge >= 0.3 is 0 Å². The molecular formula is C20H25N7. The Bertz CT molecular complexity index is 921. The van der Waals surface area contributed by atoms with Gasteiger partial charge in [-0.3, -0.25) is 4.90 Å². The Morgan fingerprint density at radius 2 is 1.78 bits per heavy atom. The van der Waals surface area contributed by atoms with Crippen LogP contribution >= 0.6 is 0 Å². The maximum atomic E-state index is 5.02. The molecule has 1 aliphatic carbocycles. The van der Waals surface area contributed by atoms with E-state index in [0.717, 1.165) is 63.6 Å². The second-order valence-electron chi connectivity index (χ2n) is 7.56. The van der Waals surface area contributed by atoms with Gasteiger partial charge in [-0.05, 0) is 48.1 Å². The second kappa shape index (κ2) is 7.23. The van der Waals surface area contributed by atoms with Gasteiger partial charge in [0.1, 0.15) is 0 Å². The van der Waals surface area contributed by atoms with Gasteiger partial charge in [0.15, 0.2) is 5.65 Å². The first-order valence-corrected chi connectivity index (χ1v) is 9.99. The van der Waals surface area contributed by atoms with Crippen LogP contribution in [0.2, 0.25) is 0 Å². The van der Waals surface area contributed by atoms with Gasteiger partial charge in [-0.1, -0.05) is 30.3 Å². The highest BCUT2D eigenvalue weighted by Gasteiger charge is 2.24. The molecule has 0 bridgehead atoms. The Morgan fingerprint density at radius 1 is 0.889 bits per heavy atom. The maximum absolute atomic E-state index is 5.02. The Balaban J connectivity index is 1.38. The molecule has 1 fully saturated rings. The molecule has 5 rings (SSSR count). The first kappa shape index (κ1) is 16.6. The van der Waals surface area contributed by atoms with Crippen molar-refractivity contribution in [2.45, 2.75) is 38.6 Å². The molecule has 140 valence electrons. The molecule has 3 aromatic rings. The number of tetrazole rings is 1. The maximum Gasteiger partial charge on any atom is 0.230 e. The van der Waals surface area contributed by atoms with Crippen LogP contribution in [0.15, 0.2) is 30.3 Å². The van der Waals surface area contributed by atoms with Crippen LogP contribution in [0.3, 0.4) is 0 Å². The number of fused-ring (bicyclic) bond motifs is 3. The van der Waals surface area contributed by atoms with Crippen molar-refractivity contribution in [3.63, 3.8) is 0 Å². The molecule has 0 atom stereocenters. The van der Waals surface area contributed by atoms with Crippen molar-refractivity contribution in [2.24, 2.45) is 0 Å². The van der Waals surface area contributed by atoms with Crippen LogP contribution in [0.4, 0.5) is 5.95 Å². The van der Waals surface area contributed by atoms with Gasteiger partial charge in [-0.2, -0.15) is 4.52 Å². The molecule has 1 aliphatic heterocycles. The zero-order valence-electron chi connectivity index (χ0n) is 15.6. The smallest absolute Gasteiger partial charge is 0.230 e. The molecule has 1 saturated heterocycles. The summed E-state index contributed by atoms with van der Waals surface area (Å²) in [6, 6.07) is 10.7. The molecule has 1 aromatic carbocycles. The van der Waals surface area contributed by atoms with Crippen LogP contribution in [0.1, 0.15) is 36.1 Å². The fraction of sp³-hybridized carbons (Fsp3) is 0.500. The zero-order chi connectivity index (χ0) is 18.1. The number of nitrogens with zero attached hydrogens (tertiary/aromatic N) is 7. The molecular weight excluding hydrogens is 338 g/mol. The highest BCUT2D eigenvalue weighted by Crippen LogP contribution is 2.26. The summed E-state index contributed by atoms with van der Waals surface area (Å²) in [5, 5.41) is 12.5. The quantitative estimate of drug-likeness (QED) is 0.710. The number of anilines is 1. The first-order chi connectivity index (χ1) is 13.4. The van der Waals surface area contributed by atoms with E-state index >= 15 is 0 Å². The summed E-state index contributed by atoms with van der Waals surface area (Å²) in [4.78, 5) is 9.91. The van der Waals surface area contributed by atoms with Crippen molar-refractivity contribution < 1.29 is 0 Å². The van der Waals surface area contributed by atoms with Crippen LogP contribution in [0, 0.1) is 0 Å². The van der Waals surface area contributed by atoms with Crippen molar-refractivity contribution >= 4 is 11.6 Å². The third kappa shape index (κ3) is 3.27. The summed E-state index contributed by atoms with van der Waals surface area (Å²) in [6.07, 6.45) is 5.61. The Morgan fingerprint density at radius 3 is 2.70 bits per heavy atom. The van der Waals surface area contributed by atoms with Crippen molar-refractivity contribution in [3.8, 4) is 0 Å². The lowest BCUT2D eigenvalue weighted by molar-refractivity contribution is 0.285. The first-order valence-electron chi connectivity index (χ1n) is 9.99. The fourth-order valence-electron chi connectivity index (χ4n) is 4.31. The van der Waals surface area contributed by atoms with E-state index in [1.165, 1.54) is 29.7 Å². The lowest BCUT2D eigenvalue weighted by atomic mass is 9.97. The van der Waals surface area contributed by atoms with Crippen LogP contribution < -0.4 is 4.90 Å². The molecule has 0 unspecified atom stereocenters. The monoisotopic (exact) mass is 363 g/mol.